The quantitative estimate of drug-likeness (QED) is 0.431. The second-order valence-corrected chi connectivity index (χ2v) is 1.99. The maximum absolute atomic E-state index is 10.5. The molecular weight excluding hydrogens is 140 g/mol. The topological polar surface area (TPSA) is 34.1 Å². The van der Waals surface area contributed by atoms with Gasteiger partial charge in [-0.05, 0) is 18.3 Å². The van der Waals surface area contributed by atoms with Crippen LogP contribution in [0.3, 0.4) is 0 Å². The summed E-state index contributed by atoms with van der Waals surface area (Å²) in [5, 5.41) is 0. The highest BCUT2D eigenvalue weighted by molar-refractivity contribution is 5.97. The second-order valence-electron chi connectivity index (χ2n) is 1.99. The molecule has 11 heavy (non-hydrogen) atoms. The Kier molecular flexibility index (Phi) is 4.52. The molecule has 0 heterocycles. The van der Waals surface area contributed by atoms with Gasteiger partial charge in [-0.1, -0.05) is 0 Å². The zero-order valence-corrected chi connectivity index (χ0v) is 6.09. The van der Waals surface area contributed by atoms with Crippen molar-refractivity contribution in [1.29, 1.82) is 0 Å². The predicted octanol–water partition coefficient (Wildman–Crippen LogP) is 0.561. The summed E-state index contributed by atoms with van der Waals surface area (Å²) in [6.45, 7) is 0. The number of carbonyl (C=O) groups excluding carboxylic acids is 2. The summed E-state index contributed by atoms with van der Waals surface area (Å²) in [4.78, 5) is 21.0. The number of rotatable bonds is 4. The molecule has 0 radical (unpaired) electrons. The van der Waals surface area contributed by atoms with Gasteiger partial charge >= 0.3 is 0 Å². The Morgan fingerprint density at radius 1 is 1.00 bits per heavy atom. The van der Waals surface area contributed by atoms with Crippen LogP contribution in [0.15, 0.2) is 0 Å². The van der Waals surface area contributed by atoms with E-state index < -0.39 is 0 Å². The lowest BCUT2D eigenvalue weighted by Gasteiger charge is -1.89. The van der Waals surface area contributed by atoms with Crippen LogP contribution in [0, 0.1) is 24.7 Å². The molecule has 0 bridgehead atoms. The number of hydrogen-bond donors (Lipinski definition) is 0. The highest BCUT2D eigenvalue weighted by Crippen LogP contribution is 1.96. The average Bonchev–Trinajstić information content (AvgIpc) is 2.04. The van der Waals surface area contributed by atoms with E-state index in [0.29, 0.717) is 6.42 Å². The molecule has 56 valence electrons. The molecule has 0 atom stereocenters. The van der Waals surface area contributed by atoms with Gasteiger partial charge in [0.05, 0.1) is 0 Å². The molecule has 0 saturated carbocycles. The third-order valence-corrected chi connectivity index (χ3v) is 1.13. The molecule has 0 amide bonds. The van der Waals surface area contributed by atoms with E-state index in [-0.39, 0.29) is 24.4 Å². The van der Waals surface area contributed by atoms with Gasteiger partial charge in [0.25, 0.3) is 0 Å². The highest BCUT2D eigenvalue weighted by atomic mass is 16.1. The molecule has 2 nitrogen and oxygen atoms in total. The van der Waals surface area contributed by atoms with Gasteiger partial charge in [0.1, 0.15) is 0 Å². The zero-order chi connectivity index (χ0) is 8.69. The molecule has 0 unspecified atom stereocenters. The van der Waals surface area contributed by atoms with Crippen LogP contribution in [0.1, 0.15) is 19.3 Å². The van der Waals surface area contributed by atoms with Crippen LogP contribution in [-0.4, -0.2) is 11.6 Å². The van der Waals surface area contributed by atoms with Crippen LogP contribution in [0.2, 0.25) is 0 Å². The fourth-order valence-corrected chi connectivity index (χ4v) is 0.554. The third kappa shape index (κ3) is 4.93. The van der Waals surface area contributed by atoms with Gasteiger partial charge in [0.15, 0.2) is 0 Å². The molecule has 0 fully saturated rings. The Balaban J connectivity index is 3.46. The van der Waals surface area contributed by atoms with Gasteiger partial charge in [-0.3, -0.25) is 9.59 Å². The highest BCUT2D eigenvalue weighted by Gasteiger charge is 1.99. The third-order valence-electron chi connectivity index (χ3n) is 1.13. The van der Waals surface area contributed by atoms with Crippen molar-refractivity contribution in [2.45, 2.75) is 19.3 Å². The van der Waals surface area contributed by atoms with Crippen molar-refractivity contribution < 1.29 is 9.59 Å². The van der Waals surface area contributed by atoms with Gasteiger partial charge in [-0.25, -0.2) is 0 Å². The van der Waals surface area contributed by atoms with E-state index in [9.17, 15) is 9.59 Å². The Hall–Kier alpha value is -1.54. The fourth-order valence-electron chi connectivity index (χ4n) is 0.554. The number of terminal acetylenes is 2. The Morgan fingerprint density at radius 2 is 1.36 bits per heavy atom. The summed E-state index contributed by atoms with van der Waals surface area (Å²) >= 11 is 0. The number of ketones is 2. The van der Waals surface area contributed by atoms with E-state index in [0.717, 1.165) is 0 Å². The molecule has 0 saturated heterocycles. The van der Waals surface area contributed by atoms with Crippen molar-refractivity contribution in [1.82, 2.24) is 0 Å². The fraction of sp³-hybridized carbons (Fsp3) is 0.333. The Morgan fingerprint density at radius 3 is 1.64 bits per heavy atom. The molecule has 0 aliphatic carbocycles. The summed E-state index contributed by atoms with van der Waals surface area (Å²) < 4.78 is 0. The van der Waals surface area contributed by atoms with Gasteiger partial charge in [-0.15, -0.1) is 12.8 Å². The van der Waals surface area contributed by atoms with Crippen LogP contribution >= 0.6 is 0 Å². The zero-order valence-electron chi connectivity index (χ0n) is 6.09. The summed E-state index contributed by atoms with van der Waals surface area (Å²) in [6.07, 6.45) is 10.5. The first-order valence-corrected chi connectivity index (χ1v) is 3.19. The van der Waals surface area contributed by atoms with Crippen LogP contribution < -0.4 is 0 Å². The van der Waals surface area contributed by atoms with E-state index in [4.69, 9.17) is 12.8 Å². The molecular formula is C9H8O2. The van der Waals surface area contributed by atoms with Crippen molar-refractivity contribution in [3.05, 3.63) is 0 Å². The van der Waals surface area contributed by atoms with Crippen molar-refractivity contribution in [3.8, 4) is 24.7 Å². The smallest absolute Gasteiger partial charge is 0.205 e. The molecule has 0 aliphatic rings. The first-order chi connectivity index (χ1) is 5.20. The maximum atomic E-state index is 10.5. The Labute approximate surface area is 66.0 Å². The molecule has 0 rings (SSSR count). The van der Waals surface area contributed by atoms with E-state index in [2.05, 4.69) is 0 Å². The normalized spacial score (nSPS) is 7.82. The molecule has 2 heteroatoms. The molecule has 0 aromatic rings. The Bertz CT molecular complexity index is 211. The number of carbonyl (C=O) groups is 2. The average molecular weight is 148 g/mol. The van der Waals surface area contributed by atoms with E-state index in [1.54, 1.807) is 0 Å². The van der Waals surface area contributed by atoms with Crippen LogP contribution in [-0.2, 0) is 9.59 Å². The first-order valence-electron chi connectivity index (χ1n) is 3.19. The van der Waals surface area contributed by atoms with E-state index in [1.165, 1.54) is 0 Å². The largest absolute Gasteiger partial charge is 0.285 e. The number of hydrogen-bond acceptors (Lipinski definition) is 2. The SMILES string of the molecule is C#CC(=O)CCCC(=O)C#C. The predicted molar refractivity (Wildman–Crippen MR) is 41.5 cm³/mol. The van der Waals surface area contributed by atoms with Gasteiger partial charge in [-0.2, -0.15) is 0 Å². The van der Waals surface area contributed by atoms with E-state index in [1.807, 2.05) is 11.8 Å². The minimum Gasteiger partial charge on any atom is -0.285 e. The standard InChI is InChI=1S/C9H8O2/c1-3-8(10)6-5-7-9(11)4-2/h1-2H,5-7H2. The summed E-state index contributed by atoms with van der Waals surface area (Å²) in [6, 6.07) is 0. The van der Waals surface area contributed by atoms with Gasteiger partial charge in [0.2, 0.25) is 11.6 Å². The minimum absolute atomic E-state index is 0.240. The van der Waals surface area contributed by atoms with Crippen molar-refractivity contribution in [2.75, 3.05) is 0 Å². The van der Waals surface area contributed by atoms with Crippen molar-refractivity contribution in [2.24, 2.45) is 0 Å². The van der Waals surface area contributed by atoms with E-state index >= 15 is 0 Å². The molecule has 0 spiro atoms. The summed E-state index contributed by atoms with van der Waals surface area (Å²) in [7, 11) is 0. The molecule has 0 aliphatic heterocycles. The molecule has 0 aromatic heterocycles. The first kappa shape index (κ1) is 9.46. The lowest BCUT2D eigenvalue weighted by atomic mass is 10.1. The number of Topliss-reactive ketones (excluding diaryl/α,β-unsaturated/α-hetero) is 2. The lowest BCUT2D eigenvalue weighted by molar-refractivity contribution is -0.115. The van der Waals surface area contributed by atoms with Crippen LogP contribution in [0.25, 0.3) is 0 Å². The van der Waals surface area contributed by atoms with Gasteiger partial charge < -0.3 is 0 Å². The summed E-state index contributed by atoms with van der Waals surface area (Å²) in [5.41, 5.74) is 0. The van der Waals surface area contributed by atoms with Crippen molar-refractivity contribution in [3.63, 3.8) is 0 Å². The maximum Gasteiger partial charge on any atom is 0.205 e. The lowest BCUT2D eigenvalue weighted by Crippen LogP contribution is -1.97. The summed E-state index contributed by atoms with van der Waals surface area (Å²) in [5.74, 6) is 3.34. The monoisotopic (exact) mass is 148 g/mol. The van der Waals surface area contributed by atoms with Crippen LogP contribution in [0.5, 0.6) is 0 Å². The molecule has 0 aromatic carbocycles. The minimum atomic E-state index is -0.283. The second kappa shape index (κ2) is 5.26. The molecule has 0 N–H and O–H groups in total. The van der Waals surface area contributed by atoms with Crippen molar-refractivity contribution >= 4 is 11.6 Å². The van der Waals surface area contributed by atoms with Crippen LogP contribution in [0.4, 0.5) is 0 Å². The van der Waals surface area contributed by atoms with Gasteiger partial charge in [0, 0.05) is 12.8 Å².